The third-order valence-corrected chi connectivity index (χ3v) is 5.60. The zero-order valence-corrected chi connectivity index (χ0v) is 15.7. The molecule has 26 heavy (non-hydrogen) atoms. The smallest absolute Gasteiger partial charge is 0.114 e. The number of hydrogen-bond acceptors (Lipinski definition) is 4. The minimum Gasteiger partial charge on any atom is -0.512 e. The molecule has 138 valence electrons. The van der Waals surface area contributed by atoms with Crippen molar-refractivity contribution < 1.29 is 15.3 Å². The fourth-order valence-electron chi connectivity index (χ4n) is 3.89. The van der Waals surface area contributed by atoms with Crippen LogP contribution in [0, 0.1) is 11.8 Å². The minimum atomic E-state index is -1.40. The van der Waals surface area contributed by atoms with Gasteiger partial charge in [-0.1, -0.05) is 24.3 Å². The van der Waals surface area contributed by atoms with E-state index in [1.54, 1.807) is 31.3 Å². The van der Waals surface area contributed by atoms with E-state index < -0.39 is 17.6 Å². The lowest BCUT2D eigenvalue weighted by molar-refractivity contribution is 0.0303. The van der Waals surface area contributed by atoms with Crippen LogP contribution in [-0.4, -0.2) is 32.0 Å². The van der Waals surface area contributed by atoms with Gasteiger partial charge in [0.05, 0.1) is 17.0 Å². The molecule has 2 aliphatic carbocycles. The molecule has 3 unspecified atom stereocenters. The first-order chi connectivity index (χ1) is 12.2. The average molecular weight is 374 g/mol. The summed E-state index contributed by atoms with van der Waals surface area (Å²) in [5.41, 5.74) is 1.38. The monoisotopic (exact) mass is 373 g/mol. The number of rotatable bonds is 3. The van der Waals surface area contributed by atoms with E-state index in [-0.39, 0.29) is 11.7 Å². The topological polar surface area (TPSA) is 73.6 Å². The molecule has 0 spiro atoms. The van der Waals surface area contributed by atoms with Crippen LogP contribution in [0.2, 0.25) is 5.02 Å². The summed E-state index contributed by atoms with van der Waals surface area (Å²) in [6, 6.07) is 1.74. The van der Waals surface area contributed by atoms with Crippen LogP contribution in [0.4, 0.5) is 0 Å². The van der Waals surface area contributed by atoms with E-state index in [2.05, 4.69) is 11.6 Å². The predicted octanol–water partition coefficient (Wildman–Crippen LogP) is 4.21. The first kappa shape index (κ1) is 18.9. The highest BCUT2D eigenvalue weighted by Gasteiger charge is 2.45. The normalized spacial score (nSPS) is 31.7. The molecule has 1 aromatic rings. The summed E-state index contributed by atoms with van der Waals surface area (Å²) in [7, 11) is 0. The molecule has 0 radical (unpaired) electrons. The highest BCUT2D eigenvalue weighted by atomic mass is 35.5. The van der Waals surface area contributed by atoms with Crippen molar-refractivity contribution in [2.75, 3.05) is 0 Å². The van der Waals surface area contributed by atoms with Crippen LogP contribution in [0.3, 0.4) is 0 Å². The second kappa shape index (κ2) is 7.03. The molecule has 0 saturated heterocycles. The van der Waals surface area contributed by atoms with Crippen LogP contribution in [0.1, 0.15) is 32.3 Å². The van der Waals surface area contributed by atoms with Crippen LogP contribution in [0.5, 0.6) is 0 Å². The number of nitrogens with zero attached hydrogens (tertiary/aromatic N) is 1. The van der Waals surface area contributed by atoms with E-state index >= 15 is 0 Å². The molecule has 0 aliphatic heterocycles. The highest BCUT2D eigenvalue weighted by Crippen LogP contribution is 2.46. The van der Waals surface area contributed by atoms with Crippen LogP contribution in [0.15, 0.2) is 60.2 Å². The molecule has 0 fully saturated rings. The quantitative estimate of drug-likeness (QED) is 0.694. The van der Waals surface area contributed by atoms with Crippen molar-refractivity contribution in [3.05, 3.63) is 70.8 Å². The molecule has 3 N–H and O–H groups in total. The molecule has 1 aromatic heterocycles. The Morgan fingerprint density at radius 1 is 1.35 bits per heavy atom. The van der Waals surface area contributed by atoms with Crippen molar-refractivity contribution >= 4 is 17.2 Å². The third kappa shape index (κ3) is 3.37. The standard InChI is InChI=1S/C21H24ClNO3/c1-12(2)21(26)9-15(16-7-17(22)11-23-10-16)8-19(25)20(21)14-4-5-18(24)13(3)6-14/h6-11,14,18,20,24-26H,1,4-5H2,2-3H3/t14?,18?,20-,21?/m0/s1. The Balaban J connectivity index is 2.06. The number of halogens is 1. The summed E-state index contributed by atoms with van der Waals surface area (Å²) >= 11 is 6.03. The average Bonchev–Trinajstić information content (AvgIpc) is 2.57. The van der Waals surface area contributed by atoms with E-state index in [1.807, 2.05) is 13.0 Å². The molecule has 3 rings (SSSR count). The Morgan fingerprint density at radius 2 is 2.08 bits per heavy atom. The summed E-state index contributed by atoms with van der Waals surface area (Å²) in [4.78, 5) is 4.08. The number of pyridine rings is 1. The lowest BCUT2D eigenvalue weighted by Gasteiger charge is -2.42. The molecular weight excluding hydrogens is 350 g/mol. The summed E-state index contributed by atoms with van der Waals surface area (Å²) in [5.74, 6) is -0.539. The van der Waals surface area contributed by atoms with E-state index in [4.69, 9.17) is 11.6 Å². The Bertz CT molecular complexity index is 826. The second-order valence-electron chi connectivity index (χ2n) is 7.31. The SMILES string of the molecule is C=C(C)C1(O)C=C(c2cncc(Cl)c2)C=C(O)[C@@H]1C1C=C(C)C(O)CC1. The van der Waals surface area contributed by atoms with Crippen molar-refractivity contribution in [1.82, 2.24) is 4.98 Å². The Kier molecular flexibility index (Phi) is 5.11. The van der Waals surface area contributed by atoms with E-state index in [0.717, 1.165) is 5.57 Å². The van der Waals surface area contributed by atoms with Gasteiger partial charge >= 0.3 is 0 Å². The van der Waals surface area contributed by atoms with Gasteiger partial charge in [0.15, 0.2) is 0 Å². The highest BCUT2D eigenvalue weighted by molar-refractivity contribution is 6.30. The van der Waals surface area contributed by atoms with E-state index in [0.29, 0.717) is 34.6 Å². The van der Waals surface area contributed by atoms with E-state index in [9.17, 15) is 15.3 Å². The van der Waals surface area contributed by atoms with Gasteiger partial charge in [0.25, 0.3) is 0 Å². The maximum Gasteiger partial charge on any atom is 0.114 e. The molecule has 0 aromatic carbocycles. The van der Waals surface area contributed by atoms with Gasteiger partial charge in [0.2, 0.25) is 0 Å². The van der Waals surface area contributed by atoms with Gasteiger partial charge in [-0.05, 0) is 67.5 Å². The summed E-state index contributed by atoms with van der Waals surface area (Å²) in [6.45, 7) is 7.59. The lowest BCUT2D eigenvalue weighted by Crippen LogP contribution is -2.44. The van der Waals surface area contributed by atoms with Crippen LogP contribution < -0.4 is 0 Å². The number of aliphatic hydroxyl groups is 3. The third-order valence-electron chi connectivity index (χ3n) is 5.40. The molecule has 1 heterocycles. The number of aromatic nitrogens is 1. The van der Waals surface area contributed by atoms with Crippen LogP contribution in [-0.2, 0) is 0 Å². The molecule has 0 amide bonds. The van der Waals surface area contributed by atoms with Crippen LogP contribution in [0.25, 0.3) is 5.57 Å². The van der Waals surface area contributed by atoms with Crippen molar-refractivity contribution in [3.63, 3.8) is 0 Å². The summed E-state index contributed by atoms with van der Waals surface area (Å²) in [6.07, 6.45) is 9.34. The predicted molar refractivity (Wildman–Crippen MR) is 104 cm³/mol. The molecule has 5 heteroatoms. The van der Waals surface area contributed by atoms with Gasteiger partial charge in [-0.3, -0.25) is 4.98 Å². The van der Waals surface area contributed by atoms with Crippen molar-refractivity contribution in [1.29, 1.82) is 0 Å². The number of hydrogen-bond donors (Lipinski definition) is 3. The Morgan fingerprint density at radius 3 is 2.69 bits per heavy atom. The van der Waals surface area contributed by atoms with Gasteiger partial charge in [-0.15, -0.1) is 0 Å². The zero-order chi connectivity index (χ0) is 19.1. The van der Waals surface area contributed by atoms with Gasteiger partial charge in [-0.25, -0.2) is 0 Å². The molecule has 0 saturated carbocycles. The zero-order valence-electron chi connectivity index (χ0n) is 15.0. The fraction of sp³-hybridized carbons (Fsp3) is 0.381. The van der Waals surface area contributed by atoms with Crippen molar-refractivity contribution in [2.24, 2.45) is 11.8 Å². The van der Waals surface area contributed by atoms with Gasteiger partial charge in [0, 0.05) is 18.0 Å². The molecule has 0 bridgehead atoms. The maximum atomic E-state index is 11.5. The molecule has 4 atom stereocenters. The first-order valence-corrected chi connectivity index (χ1v) is 9.09. The van der Waals surface area contributed by atoms with Crippen LogP contribution >= 0.6 is 11.6 Å². The van der Waals surface area contributed by atoms with Crippen molar-refractivity contribution in [2.45, 2.75) is 38.4 Å². The van der Waals surface area contributed by atoms with E-state index in [1.165, 1.54) is 6.20 Å². The second-order valence-corrected chi connectivity index (χ2v) is 7.75. The summed E-state index contributed by atoms with van der Waals surface area (Å²) < 4.78 is 0. The first-order valence-electron chi connectivity index (χ1n) is 8.71. The minimum absolute atomic E-state index is 0.0911. The van der Waals surface area contributed by atoms with Crippen molar-refractivity contribution in [3.8, 4) is 0 Å². The molecular formula is C21H24ClNO3. The van der Waals surface area contributed by atoms with Gasteiger partial charge in [0.1, 0.15) is 11.4 Å². The number of aliphatic hydroxyl groups excluding tert-OH is 2. The lowest BCUT2D eigenvalue weighted by atomic mass is 9.66. The fourth-order valence-corrected chi connectivity index (χ4v) is 4.06. The molecule has 2 aliphatic rings. The number of allylic oxidation sites excluding steroid dienone is 3. The van der Waals surface area contributed by atoms with Gasteiger partial charge in [-0.2, -0.15) is 0 Å². The largest absolute Gasteiger partial charge is 0.512 e. The Hall–Kier alpha value is -1.88. The summed E-state index contributed by atoms with van der Waals surface area (Å²) in [5, 5.41) is 32.7. The van der Waals surface area contributed by atoms with Gasteiger partial charge < -0.3 is 15.3 Å². The molecule has 4 nitrogen and oxygen atoms in total. The maximum absolute atomic E-state index is 11.5. The Labute approximate surface area is 158 Å².